The number of piperidine rings is 1. The molecule has 0 spiro atoms. The van der Waals surface area contributed by atoms with Crippen LogP contribution in [0.1, 0.15) is 31.7 Å². The molecule has 2 aromatic carbocycles. The van der Waals surface area contributed by atoms with Crippen molar-refractivity contribution in [3.63, 3.8) is 0 Å². The molecule has 0 unspecified atom stereocenters. The minimum absolute atomic E-state index is 0. The predicted octanol–water partition coefficient (Wildman–Crippen LogP) is 6.25. The van der Waals surface area contributed by atoms with E-state index in [1.165, 1.54) is 17.7 Å². The van der Waals surface area contributed by atoms with E-state index in [0.29, 0.717) is 34.5 Å². The molecule has 0 aliphatic carbocycles. The first kappa shape index (κ1) is 30.3. The van der Waals surface area contributed by atoms with Crippen LogP contribution >= 0.6 is 0 Å². The number of aromatic nitrogens is 6. The van der Waals surface area contributed by atoms with E-state index in [4.69, 9.17) is 21.0 Å². The fourth-order valence-electron chi connectivity index (χ4n) is 5.76. The van der Waals surface area contributed by atoms with Crippen LogP contribution in [-0.2, 0) is 6.54 Å². The van der Waals surface area contributed by atoms with E-state index in [0.717, 1.165) is 55.0 Å². The monoisotopic (exact) mass is 612 g/mol. The number of hydrogen-bond donors (Lipinski definition) is 2. The molecule has 11 heteroatoms. The van der Waals surface area contributed by atoms with Gasteiger partial charge in [0, 0.05) is 54.9 Å². The van der Waals surface area contributed by atoms with Gasteiger partial charge in [-0.2, -0.15) is 5.26 Å². The van der Waals surface area contributed by atoms with Gasteiger partial charge in [-0.05, 0) is 79.1 Å². The number of hydrogen-bond acceptors (Lipinski definition) is 9. The summed E-state index contributed by atoms with van der Waals surface area (Å²) in [6.07, 6.45) is 6.93. The number of nitrogen functional groups attached to an aromatic ring is 1. The van der Waals surface area contributed by atoms with Crippen LogP contribution in [0.25, 0.3) is 39.4 Å². The number of anilines is 2. The maximum Gasteiger partial charge on any atom is 0.234 e. The molecule has 7 rings (SSSR count). The van der Waals surface area contributed by atoms with Gasteiger partial charge in [0.05, 0.1) is 17.6 Å². The third-order valence-electron chi connectivity index (χ3n) is 8.06. The summed E-state index contributed by atoms with van der Waals surface area (Å²) in [5, 5.41) is 12.5. The Kier molecular flexibility index (Phi) is 8.63. The van der Waals surface area contributed by atoms with Gasteiger partial charge in [-0.3, -0.25) is 14.5 Å². The Morgan fingerprint density at radius 2 is 1.72 bits per heavy atom. The first-order chi connectivity index (χ1) is 22.0. The predicted molar refractivity (Wildman–Crippen MR) is 177 cm³/mol. The molecule has 0 radical (unpaired) electrons. The fraction of sp³-hybridized carbons (Fsp3) is 0.200. The number of nitriles is 1. The molecule has 1 aliphatic rings. The second-order valence-electron chi connectivity index (χ2n) is 11.0. The number of fused-ring (bicyclic) bond motifs is 1. The fourth-order valence-corrected chi connectivity index (χ4v) is 5.76. The summed E-state index contributed by atoms with van der Waals surface area (Å²) in [5.41, 5.74) is 12.9. The Morgan fingerprint density at radius 3 is 2.46 bits per heavy atom. The van der Waals surface area contributed by atoms with Crippen molar-refractivity contribution in [2.75, 3.05) is 24.1 Å². The van der Waals surface area contributed by atoms with Crippen LogP contribution in [0, 0.1) is 17.1 Å². The molecule has 6 aromatic rings. The number of halogens is 1. The van der Waals surface area contributed by atoms with Crippen LogP contribution < -0.4 is 11.1 Å². The topological polar surface area (TPSA) is 134 Å². The summed E-state index contributed by atoms with van der Waals surface area (Å²) >= 11 is 0. The molecule has 0 amide bonds. The second kappa shape index (κ2) is 13.1. The molecule has 0 atom stereocenters. The molecular formula is C35H33FN10. The lowest BCUT2D eigenvalue weighted by Crippen LogP contribution is -2.38. The van der Waals surface area contributed by atoms with Crippen LogP contribution in [0.2, 0.25) is 0 Å². The molecule has 5 heterocycles. The number of nitrogens with one attached hydrogen (secondary N) is 1. The van der Waals surface area contributed by atoms with Crippen molar-refractivity contribution in [2.45, 2.75) is 32.9 Å². The van der Waals surface area contributed by atoms with Crippen LogP contribution in [0.15, 0.2) is 91.4 Å². The number of rotatable bonds is 7. The number of likely N-dealkylation sites (tertiary alicyclic amines) is 1. The quantitative estimate of drug-likeness (QED) is 0.215. The third-order valence-corrected chi connectivity index (χ3v) is 8.06. The minimum atomic E-state index is -0.302. The van der Waals surface area contributed by atoms with Crippen molar-refractivity contribution in [1.82, 2.24) is 34.4 Å². The van der Waals surface area contributed by atoms with Gasteiger partial charge < -0.3 is 11.1 Å². The van der Waals surface area contributed by atoms with Crippen LogP contribution in [0.5, 0.6) is 0 Å². The normalized spacial score (nSPS) is 13.7. The molecule has 1 saturated heterocycles. The summed E-state index contributed by atoms with van der Waals surface area (Å²) in [7, 11) is 0. The molecular weight excluding hydrogens is 579 g/mol. The van der Waals surface area contributed by atoms with E-state index in [-0.39, 0.29) is 19.1 Å². The third kappa shape index (κ3) is 6.24. The van der Waals surface area contributed by atoms with Gasteiger partial charge in [0.25, 0.3) is 0 Å². The van der Waals surface area contributed by atoms with Gasteiger partial charge in [0.15, 0.2) is 5.65 Å². The summed E-state index contributed by atoms with van der Waals surface area (Å²) in [4.78, 5) is 24.6. The average molecular weight is 613 g/mol. The molecule has 4 aromatic heterocycles. The number of nitrogens with two attached hydrogens (primary N) is 1. The Labute approximate surface area is 266 Å². The number of pyridine rings is 1. The SMILES string of the molecule is C.N#Cc1nccc(NC2CCN(Cc3ccc(-n4c(-c5cccnc5N)cc5ncc(-c6ccc(F)cc6)nc54)cc3)CC2)n1. The minimum Gasteiger partial charge on any atom is -0.383 e. The van der Waals surface area contributed by atoms with Gasteiger partial charge in [-0.15, -0.1) is 0 Å². The first-order valence-electron chi connectivity index (χ1n) is 14.7. The van der Waals surface area contributed by atoms with E-state index >= 15 is 0 Å². The van der Waals surface area contributed by atoms with E-state index in [9.17, 15) is 4.39 Å². The molecule has 10 nitrogen and oxygen atoms in total. The van der Waals surface area contributed by atoms with E-state index in [1.807, 2.05) is 24.3 Å². The van der Waals surface area contributed by atoms with E-state index in [1.54, 1.807) is 36.8 Å². The van der Waals surface area contributed by atoms with Crippen LogP contribution in [0.3, 0.4) is 0 Å². The Bertz CT molecular complexity index is 2010. The van der Waals surface area contributed by atoms with Crippen LogP contribution in [-0.4, -0.2) is 53.5 Å². The van der Waals surface area contributed by atoms with Crippen molar-refractivity contribution in [2.24, 2.45) is 0 Å². The van der Waals surface area contributed by atoms with Crippen molar-refractivity contribution >= 4 is 22.8 Å². The second-order valence-corrected chi connectivity index (χ2v) is 11.0. The molecule has 1 fully saturated rings. The first-order valence-corrected chi connectivity index (χ1v) is 14.7. The summed E-state index contributed by atoms with van der Waals surface area (Å²) in [6.45, 7) is 2.73. The number of nitrogens with zero attached hydrogens (tertiary/aromatic N) is 8. The summed E-state index contributed by atoms with van der Waals surface area (Å²) in [6, 6.07) is 24.6. The highest BCUT2D eigenvalue weighted by atomic mass is 19.1. The molecule has 230 valence electrons. The van der Waals surface area contributed by atoms with Gasteiger partial charge in [-0.1, -0.05) is 19.6 Å². The molecule has 1 aliphatic heterocycles. The van der Waals surface area contributed by atoms with Gasteiger partial charge in [-0.25, -0.2) is 24.3 Å². The Morgan fingerprint density at radius 1 is 0.935 bits per heavy atom. The Hall–Kier alpha value is -5.73. The molecule has 3 N–H and O–H groups in total. The van der Waals surface area contributed by atoms with Gasteiger partial charge >= 0.3 is 0 Å². The molecule has 0 saturated carbocycles. The highest BCUT2D eigenvalue weighted by Crippen LogP contribution is 2.33. The maximum absolute atomic E-state index is 13.6. The highest BCUT2D eigenvalue weighted by Gasteiger charge is 2.21. The van der Waals surface area contributed by atoms with Gasteiger partial charge in [0.1, 0.15) is 29.0 Å². The number of benzene rings is 2. The lowest BCUT2D eigenvalue weighted by atomic mass is 10.0. The lowest BCUT2D eigenvalue weighted by Gasteiger charge is -2.32. The summed E-state index contributed by atoms with van der Waals surface area (Å²) < 4.78 is 15.6. The highest BCUT2D eigenvalue weighted by molar-refractivity contribution is 5.87. The summed E-state index contributed by atoms with van der Waals surface area (Å²) in [5.74, 6) is 0.976. The van der Waals surface area contributed by atoms with Crippen molar-refractivity contribution in [3.8, 4) is 34.3 Å². The smallest absolute Gasteiger partial charge is 0.234 e. The van der Waals surface area contributed by atoms with Crippen molar-refractivity contribution in [1.29, 1.82) is 5.26 Å². The standard InChI is InChI=1S/C34H29FN10.CH4/c35-24-7-5-23(6-8-24)29-20-40-28-18-30(27-2-1-14-39-33(27)37)45(34(28)42-29)26-9-3-22(4-10-26)21-44-16-12-25(13-17-44)41-31-11-15-38-32(19-36)43-31;/h1-11,14-15,18,20,25H,12-13,16-17,21H2,(H2,37,39)(H,38,41,43);1H4. The maximum atomic E-state index is 13.6. The average Bonchev–Trinajstić information content (AvgIpc) is 3.45. The Balaban J connectivity index is 0.00000372. The zero-order valence-electron chi connectivity index (χ0n) is 24.3. The van der Waals surface area contributed by atoms with E-state index < -0.39 is 0 Å². The zero-order valence-corrected chi connectivity index (χ0v) is 24.3. The lowest BCUT2D eigenvalue weighted by molar-refractivity contribution is 0.211. The molecule has 0 bridgehead atoms. The van der Waals surface area contributed by atoms with Gasteiger partial charge in [0.2, 0.25) is 5.82 Å². The largest absolute Gasteiger partial charge is 0.383 e. The van der Waals surface area contributed by atoms with Crippen molar-refractivity contribution in [3.05, 3.63) is 109 Å². The zero-order chi connectivity index (χ0) is 30.8. The van der Waals surface area contributed by atoms with E-state index in [2.05, 4.69) is 54.0 Å². The van der Waals surface area contributed by atoms with Crippen molar-refractivity contribution < 1.29 is 4.39 Å². The van der Waals surface area contributed by atoms with Crippen LogP contribution in [0.4, 0.5) is 16.0 Å². The molecule has 46 heavy (non-hydrogen) atoms.